The predicted molar refractivity (Wildman–Crippen MR) is 130 cm³/mol. The summed E-state index contributed by atoms with van der Waals surface area (Å²) in [5.74, 6) is -0.759. The molecule has 0 saturated carbocycles. The van der Waals surface area contributed by atoms with Crippen molar-refractivity contribution < 1.29 is 28.7 Å². The van der Waals surface area contributed by atoms with Gasteiger partial charge in [0.15, 0.2) is 12.4 Å². The van der Waals surface area contributed by atoms with Gasteiger partial charge in [0.05, 0.1) is 25.1 Å². The summed E-state index contributed by atoms with van der Waals surface area (Å²) in [7, 11) is 0. The number of carboxylic acids is 1. The number of aliphatic carboxylic acids is 1. The molecule has 2 aromatic rings. The SMILES string of the molecule is N#CN=C(N)N(CCCCCCOc1ccc(Cl)cc1)c1cc[n+](COC(=O)CCC(=O)O)cc1. The Balaban J connectivity index is 1.79. The summed E-state index contributed by atoms with van der Waals surface area (Å²) in [5, 5.41) is 18.2. The highest BCUT2D eigenvalue weighted by Crippen LogP contribution is 2.16. The maximum absolute atomic E-state index is 11.6. The number of aromatic nitrogens is 1. The Labute approximate surface area is 209 Å². The maximum atomic E-state index is 11.6. The number of aliphatic imine (C=N–C) groups is 1. The van der Waals surface area contributed by atoms with Crippen LogP contribution >= 0.6 is 11.6 Å². The lowest BCUT2D eigenvalue weighted by atomic mass is 10.2. The first-order chi connectivity index (χ1) is 16.9. The summed E-state index contributed by atoms with van der Waals surface area (Å²) in [5.41, 5.74) is 6.73. The number of nitrogens with zero attached hydrogens (tertiary/aromatic N) is 4. The highest BCUT2D eigenvalue weighted by molar-refractivity contribution is 6.30. The first kappa shape index (κ1) is 27.4. The van der Waals surface area contributed by atoms with Crippen LogP contribution in [0.15, 0.2) is 53.8 Å². The van der Waals surface area contributed by atoms with Crippen molar-refractivity contribution in [2.45, 2.75) is 45.3 Å². The number of guanidine groups is 1. The Hall–Kier alpha value is -3.84. The molecule has 0 aliphatic carbocycles. The molecule has 2 rings (SSSR count). The number of carbonyl (C=O) groups is 2. The number of hydrogen-bond acceptors (Lipinski definition) is 6. The lowest BCUT2D eigenvalue weighted by Crippen LogP contribution is -2.40. The first-order valence-corrected chi connectivity index (χ1v) is 11.5. The fourth-order valence-electron chi connectivity index (χ4n) is 3.08. The van der Waals surface area contributed by atoms with Crippen LogP contribution in [0.2, 0.25) is 5.02 Å². The third kappa shape index (κ3) is 10.8. The van der Waals surface area contributed by atoms with E-state index < -0.39 is 11.9 Å². The number of anilines is 1. The molecule has 35 heavy (non-hydrogen) atoms. The van der Waals surface area contributed by atoms with Crippen LogP contribution in [-0.2, 0) is 21.1 Å². The fourth-order valence-corrected chi connectivity index (χ4v) is 3.20. The molecular weight excluding hydrogens is 474 g/mol. The number of hydrogen-bond donors (Lipinski definition) is 2. The molecule has 0 unspecified atom stereocenters. The monoisotopic (exact) mass is 502 g/mol. The minimum atomic E-state index is -1.05. The quantitative estimate of drug-likeness (QED) is 0.100. The molecule has 0 aliphatic rings. The van der Waals surface area contributed by atoms with Gasteiger partial charge in [-0.25, -0.2) is 0 Å². The van der Waals surface area contributed by atoms with Crippen LogP contribution < -0.4 is 19.9 Å². The van der Waals surface area contributed by atoms with E-state index in [1.807, 2.05) is 12.1 Å². The molecular formula is C24H29ClN5O5+. The average Bonchev–Trinajstić information content (AvgIpc) is 2.85. The summed E-state index contributed by atoms with van der Waals surface area (Å²) in [6, 6.07) is 10.8. The van der Waals surface area contributed by atoms with Gasteiger partial charge < -0.3 is 25.2 Å². The standard InChI is InChI=1S/C24H28ClN5O5/c25-19-5-7-21(8-6-19)34-16-4-2-1-3-13-30(24(27)28-17-26)20-11-14-29(15-12-20)18-35-23(33)10-9-22(31)32/h5-8,11-12,14-15H,1-4,9-10,13,16,18H2,(H2-,27,28,31,32)/p+1. The Morgan fingerprint density at radius 3 is 2.43 bits per heavy atom. The predicted octanol–water partition coefficient (Wildman–Crippen LogP) is 3.23. The van der Waals surface area contributed by atoms with Crippen molar-refractivity contribution in [2.75, 3.05) is 18.1 Å². The van der Waals surface area contributed by atoms with E-state index in [0.717, 1.165) is 37.1 Å². The molecule has 0 atom stereocenters. The average molecular weight is 503 g/mol. The van der Waals surface area contributed by atoms with E-state index in [1.54, 1.807) is 52.3 Å². The molecule has 0 fully saturated rings. The summed E-state index contributed by atoms with van der Waals surface area (Å²) >= 11 is 5.86. The van der Waals surface area contributed by atoms with Gasteiger partial charge in [-0.1, -0.05) is 24.4 Å². The van der Waals surface area contributed by atoms with Gasteiger partial charge in [0.1, 0.15) is 5.75 Å². The van der Waals surface area contributed by atoms with Crippen molar-refractivity contribution in [1.82, 2.24) is 0 Å². The summed E-state index contributed by atoms with van der Waals surface area (Å²) in [6.07, 6.45) is 8.29. The van der Waals surface area contributed by atoms with E-state index in [2.05, 4.69) is 4.99 Å². The normalized spacial score (nSPS) is 10.9. The van der Waals surface area contributed by atoms with Gasteiger partial charge in [-0.15, -0.1) is 4.99 Å². The maximum Gasteiger partial charge on any atom is 0.311 e. The second kappa shape index (κ2) is 15.1. The van der Waals surface area contributed by atoms with Crippen LogP contribution in [0, 0.1) is 11.5 Å². The van der Waals surface area contributed by atoms with Crippen molar-refractivity contribution in [3.05, 3.63) is 53.8 Å². The zero-order valence-corrected chi connectivity index (χ0v) is 20.1. The second-order valence-electron chi connectivity index (χ2n) is 7.55. The number of pyridine rings is 1. The Morgan fingerprint density at radius 1 is 1.09 bits per heavy atom. The van der Waals surface area contributed by atoms with Crippen molar-refractivity contribution in [2.24, 2.45) is 10.7 Å². The zero-order valence-electron chi connectivity index (χ0n) is 19.3. The first-order valence-electron chi connectivity index (χ1n) is 11.1. The van der Waals surface area contributed by atoms with Gasteiger partial charge in [-0.2, -0.15) is 9.83 Å². The van der Waals surface area contributed by atoms with Gasteiger partial charge in [-0.05, 0) is 37.1 Å². The topological polar surface area (TPSA) is 142 Å². The largest absolute Gasteiger partial charge is 0.494 e. The van der Waals surface area contributed by atoms with Crippen LogP contribution in [0.1, 0.15) is 38.5 Å². The molecule has 1 aromatic heterocycles. The number of unbranched alkanes of at least 4 members (excludes halogenated alkanes) is 3. The number of rotatable bonds is 14. The van der Waals surface area contributed by atoms with E-state index in [1.165, 1.54) is 0 Å². The molecule has 0 saturated heterocycles. The number of nitrogens with two attached hydrogens (primary N) is 1. The van der Waals surface area contributed by atoms with E-state index in [-0.39, 0.29) is 25.5 Å². The minimum Gasteiger partial charge on any atom is -0.494 e. The van der Waals surface area contributed by atoms with E-state index in [4.69, 9.17) is 37.2 Å². The summed E-state index contributed by atoms with van der Waals surface area (Å²) in [4.78, 5) is 27.5. The number of benzene rings is 1. The van der Waals surface area contributed by atoms with E-state index >= 15 is 0 Å². The Kier molecular flexibility index (Phi) is 11.9. The van der Waals surface area contributed by atoms with Crippen LogP contribution in [-0.4, -0.2) is 36.2 Å². The lowest BCUT2D eigenvalue weighted by Gasteiger charge is -2.22. The molecule has 0 spiro atoms. The number of ether oxygens (including phenoxy) is 2. The number of halogens is 1. The molecule has 3 N–H and O–H groups in total. The van der Waals surface area contributed by atoms with Gasteiger partial charge in [0.2, 0.25) is 12.2 Å². The van der Waals surface area contributed by atoms with Crippen molar-refractivity contribution in [3.8, 4) is 11.9 Å². The van der Waals surface area contributed by atoms with E-state index in [9.17, 15) is 9.59 Å². The molecule has 10 nitrogen and oxygen atoms in total. The highest BCUT2D eigenvalue weighted by atomic mass is 35.5. The Bertz CT molecular complexity index is 1020. The van der Waals surface area contributed by atoms with Gasteiger partial charge >= 0.3 is 11.9 Å². The van der Waals surface area contributed by atoms with Crippen LogP contribution in [0.3, 0.4) is 0 Å². The molecule has 1 heterocycles. The third-order valence-corrected chi connectivity index (χ3v) is 5.15. The van der Waals surface area contributed by atoms with Gasteiger partial charge in [-0.3, -0.25) is 9.59 Å². The number of esters is 1. The van der Waals surface area contributed by atoms with Crippen LogP contribution in [0.25, 0.3) is 0 Å². The van der Waals surface area contributed by atoms with Gasteiger partial charge in [0.25, 0.3) is 6.73 Å². The molecule has 1 aromatic carbocycles. The minimum absolute atomic E-state index is 0.0431. The van der Waals surface area contributed by atoms with Gasteiger partial charge in [0, 0.05) is 23.7 Å². The molecule has 11 heteroatoms. The van der Waals surface area contributed by atoms with Crippen molar-refractivity contribution in [3.63, 3.8) is 0 Å². The van der Waals surface area contributed by atoms with Crippen LogP contribution in [0.5, 0.6) is 5.75 Å². The van der Waals surface area contributed by atoms with E-state index in [0.29, 0.717) is 18.2 Å². The smallest absolute Gasteiger partial charge is 0.311 e. The van der Waals surface area contributed by atoms with Crippen molar-refractivity contribution >= 4 is 35.2 Å². The Morgan fingerprint density at radius 2 is 1.77 bits per heavy atom. The third-order valence-electron chi connectivity index (χ3n) is 4.90. The van der Waals surface area contributed by atoms with Crippen LogP contribution in [0.4, 0.5) is 5.69 Å². The van der Waals surface area contributed by atoms with Crippen molar-refractivity contribution in [1.29, 1.82) is 5.26 Å². The number of carbonyl (C=O) groups excluding carboxylic acids is 1. The molecule has 0 aliphatic heterocycles. The fraction of sp³-hybridized carbons (Fsp3) is 0.375. The highest BCUT2D eigenvalue weighted by Gasteiger charge is 2.14. The lowest BCUT2D eigenvalue weighted by molar-refractivity contribution is -0.727. The number of nitriles is 1. The molecule has 0 radical (unpaired) electrons. The second-order valence-corrected chi connectivity index (χ2v) is 7.98. The molecule has 186 valence electrons. The zero-order chi connectivity index (χ0) is 25.5. The summed E-state index contributed by atoms with van der Waals surface area (Å²) in [6.45, 7) is 1.14. The molecule has 0 bridgehead atoms. The number of carboxylic acid groups (broad SMARTS) is 1. The summed E-state index contributed by atoms with van der Waals surface area (Å²) < 4.78 is 12.4. The molecule has 0 amide bonds.